The fourth-order valence-electron chi connectivity index (χ4n) is 2.50. The number of hydrogen-bond donors (Lipinski definition) is 0. The number of esters is 1. The molecule has 1 aliphatic carbocycles. The fourth-order valence-corrected chi connectivity index (χ4v) is 2.50. The SMILES string of the molecule is C=CC[C@@H]1CC[C@@](CC=C)(C(=O)OCC)C1=O. The van der Waals surface area contributed by atoms with Crippen LogP contribution in [0, 0.1) is 11.3 Å². The molecule has 0 aromatic heterocycles. The van der Waals surface area contributed by atoms with Crippen molar-refractivity contribution in [3.8, 4) is 0 Å². The maximum Gasteiger partial charge on any atom is 0.319 e. The molecule has 1 aliphatic rings. The predicted octanol–water partition coefficient (Wildman–Crippen LogP) is 2.67. The molecule has 0 spiro atoms. The molecule has 0 aromatic carbocycles. The number of allylic oxidation sites excluding steroid dienone is 2. The zero-order chi connectivity index (χ0) is 12.9. The van der Waals surface area contributed by atoms with Crippen LogP contribution in [0.4, 0.5) is 0 Å². The summed E-state index contributed by atoms with van der Waals surface area (Å²) >= 11 is 0. The Morgan fingerprint density at radius 3 is 2.76 bits per heavy atom. The number of Topliss-reactive ketones (excluding diaryl/α,β-unsaturated/α-hetero) is 1. The molecule has 0 radical (unpaired) electrons. The first-order valence-corrected chi connectivity index (χ1v) is 6.05. The van der Waals surface area contributed by atoms with Crippen molar-refractivity contribution in [2.24, 2.45) is 11.3 Å². The van der Waals surface area contributed by atoms with E-state index in [2.05, 4.69) is 13.2 Å². The van der Waals surface area contributed by atoms with Crippen LogP contribution in [-0.2, 0) is 14.3 Å². The van der Waals surface area contributed by atoms with Gasteiger partial charge in [0.25, 0.3) is 0 Å². The Kier molecular flexibility index (Phi) is 4.67. The lowest BCUT2D eigenvalue weighted by Gasteiger charge is -2.24. The van der Waals surface area contributed by atoms with Crippen LogP contribution in [0.15, 0.2) is 25.3 Å². The minimum atomic E-state index is -0.981. The van der Waals surface area contributed by atoms with Gasteiger partial charge in [-0.2, -0.15) is 0 Å². The summed E-state index contributed by atoms with van der Waals surface area (Å²) in [7, 11) is 0. The molecule has 94 valence electrons. The molecule has 1 fully saturated rings. The normalized spacial score (nSPS) is 27.8. The lowest BCUT2D eigenvalue weighted by Crippen LogP contribution is -2.38. The van der Waals surface area contributed by atoms with E-state index in [0.717, 1.165) is 6.42 Å². The summed E-state index contributed by atoms with van der Waals surface area (Å²) < 4.78 is 5.05. The van der Waals surface area contributed by atoms with Crippen LogP contribution in [0.25, 0.3) is 0 Å². The molecule has 3 nitrogen and oxygen atoms in total. The van der Waals surface area contributed by atoms with Crippen LogP contribution in [0.3, 0.4) is 0 Å². The van der Waals surface area contributed by atoms with Gasteiger partial charge in [-0.25, -0.2) is 0 Å². The van der Waals surface area contributed by atoms with E-state index in [-0.39, 0.29) is 11.7 Å². The highest BCUT2D eigenvalue weighted by molar-refractivity contribution is 6.06. The lowest BCUT2D eigenvalue weighted by molar-refractivity contribution is -0.159. The van der Waals surface area contributed by atoms with Gasteiger partial charge >= 0.3 is 5.97 Å². The van der Waals surface area contributed by atoms with Gasteiger partial charge < -0.3 is 4.74 Å². The third-order valence-electron chi connectivity index (χ3n) is 3.37. The highest BCUT2D eigenvalue weighted by atomic mass is 16.5. The number of ketones is 1. The van der Waals surface area contributed by atoms with E-state index in [1.807, 2.05) is 0 Å². The van der Waals surface area contributed by atoms with Crippen LogP contribution in [0.1, 0.15) is 32.6 Å². The van der Waals surface area contributed by atoms with E-state index in [0.29, 0.717) is 25.9 Å². The van der Waals surface area contributed by atoms with E-state index in [9.17, 15) is 9.59 Å². The Labute approximate surface area is 103 Å². The van der Waals surface area contributed by atoms with Crippen molar-refractivity contribution in [2.45, 2.75) is 32.6 Å². The zero-order valence-electron chi connectivity index (χ0n) is 10.4. The summed E-state index contributed by atoms with van der Waals surface area (Å²) in [4.78, 5) is 24.3. The number of ether oxygens (including phenoxy) is 1. The second kappa shape index (κ2) is 5.80. The maximum atomic E-state index is 12.3. The summed E-state index contributed by atoms with van der Waals surface area (Å²) in [5.74, 6) is -0.482. The Morgan fingerprint density at radius 2 is 2.24 bits per heavy atom. The molecule has 0 bridgehead atoms. The summed E-state index contributed by atoms with van der Waals surface area (Å²) in [6.45, 7) is 9.33. The van der Waals surface area contributed by atoms with Gasteiger partial charge in [0.1, 0.15) is 5.41 Å². The van der Waals surface area contributed by atoms with Gasteiger partial charge in [0, 0.05) is 5.92 Å². The summed E-state index contributed by atoms with van der Waals surface area (Å²) in [5.41, 5.74) is -0.981. The number of rotatable bonds is 6. The van der Waals surface area contributed by atoms with Gasteiger partial charge in [0.2, 0.25) is 0 Å². The monoisotopic (exact) mass is 236 g/mol. The van der Waals surface area contributed by atoms with E-state index in [4.69, 9.17) is 4.74 Å². The molecule has 0 saturated heterocycles. The van der Waals surface area contributed by atoms with E-state index in [1.165, 1.54) is 0 Å². The van der Waals surface area contributed by atoms with Crippen LogP contribution < -0.4 is 0 Å². The van der Waals surface area contributed by atoms with Crippen molar-refractivity contribution in [3.63, 3.8) is 0 Å². The molecular formula is C14H20O3. The van der Waals surface area contributed by atoms with Crippen molar-refractivity contribution >= 4 is 11.8 Å². The quantitative estimate of drug-likeness (QED) is 0.404. The van der Waals surface area contributed by atoms with Crippen molar-refractivity contribution in [3.05, 3.63) is 25.3 Å². The molecule has 0 aliphatic heterocycles. The smallest absolute Gasteiger partial charge is 0.319 e. The third kappa shape index (κ3) is 2.48. The minimum absolute atomic E-state index is 0.00394. The Hall–Kier alpha value is -1.38. The minimum Gasteiger partial charge on any atom is -0.465 e. The summed E-state index contributed by atoms with van der Waals surface area (Å²) in [6.07, 6.45) is 5.67. The lowest BCUT2D eigenvalue weighted by atomic mass is 9.80. The largest absolute Gasteiger partial charge is 0.465 e. The van der Waals surface area contributed by atoms with Gasteiger partial charge in [0.05, 0.1) is 6.61 Å². The molecule has 1 saturated carbocycles. The Bertz CT molecular complexity index is 332. The zero-order valence-corrected chi connectivity index (χ0v) is 10.4. The van der Waals surface area contributed by atoms with Crippen LogP contribution in [0.2, 0.25) is 0 Å². The highest BCUT2D eigenvalue weighted by Gasteiger charge is 2.52. The second-order valence-corrected chi connectivity index (χ2v) is 4.42. The van der Waals surface area contributed by atoms with Crippen molar-refractivity contribution < 1.29 is 14.3 Å². The van der Waals surface area contributed by atoms with Gasteiger partial charge in [-0.05, 0) is 32.6 Å². The van der Waals surface area contributed by atoms with Crippen molar-refractivity contribution in [1.82, 2.24) is 0 Å². The van der Waals surface area contributed by atoms with Gasteiger partial charge in [-0.15, -0.1) is 13.2 Å². The van der Waals surface area contributed by atoms with Crippen LogP contribution in [0.5, 0.6) is 0 Å². The molecule has 3 heteroatoms. The molecule has 2 atom stereocenters. The topological polar surface area (TPSA) is 43.4 Å². The Balaban J connectivity index is 2.93. The van der Waals surface area contributed by atoms with Crippen LogP contribution >= 0.6 is 0 Å². The maximum absolute atomic E-state index is 12.3. The predicted molar refractivity (Wildman–Crippen MR) is 66.4 cm³/mol. The molecular weight excluding hydrogens is 216 g/mol. The highest BCUT2D eigenvalue weighted by Crippen LogP contribution is 2.43. The van der Waals surface area contributed by atoms with E-state index < -0.39 is 11.4 Å². The molecule has 0 heterocycles. The molecule has 0 amide bonds. The molecule has 0 N–H and O–H groups in total. The fraction of sp³-hybridized carbons (Fsp3) is 0.571. The average molecular weight is 236 g/mol. The summed E-state index contributed by atoms with van der Waals surface area (Å²) in [5, 5.41) is 0. The first kappa shape index (κ1) is 13.7. The first-order chi connectivity index (χ1) is 8.12. The van der Waals surface area contributed by atoms with Gasteiger partial charge in [0.15, 0.2) is 5.78 Å². The van der Waals surface area contributed by atoms with E-state index >= 15 is 0 Å². The second-order valence-electron chi connectivity index (χ2n) is 4.42. The summed E-state index contributed by atoms with van der Waals surface area (Å²) in [6, 6.07) is 0. The van der Waals surface area contributed by atoms with Gasteiger partial charge in [-0.3, -0.25) is 9.59 Å². The number of carbonyl (C=O) groups is 2. The standard InChI is InChI=1S/C14H20O3/c1-4-7-11-8-10-14(9-5-2,12(11)15)13(16)17-6-3/h4-5,11H,1-2,6-10H2,3H3/t11-,14-/m1/s1. The third-order valence-corrected chi connectivity index (χ3v) is 3.37. The average Bonchev–Trinajstić information content (AvgIpc) is 2.61. The van der Waals surface area contributed by atoms with Crippen molar-refractivity contribution in [1.29, 1.82) is 0 Å². The number of carbonyl (C=O) groups excluding carboxylic acids is 2. The van der Waals surface area contributed by atoms with Gasteiger partial charge in [-0.1, -0.05) is 12.2 Å². The molecule has 0 aromatic rings. The molecule has 1 rings (SSSR count). The first-order valence-electron chi connectivity index (χ1n) is 6.05. The number of hydrogen-bond acceptors (Lipinski definition) is 3. The van der Waals surface area contributed by atoms with Crippen LogP contribution in [-0.4, -0.2) is 18.4 Å². The van der Waals surface area contributed by atoms with E-state index in [1.54, 1.807) is 19.1 Å². The molecule has 0 unspecified atom stereocenters. The molecule has 17 heavy (non-hydrogen) atoms. The van der Waals surface area contributed by atoms with Crippen molar-refractivity contribution in [2.75, 3.05) is 6.61 Å². The Morgan fingerprint density at radius 1 is 1.53 bits per heavy atom.